The lowest BCUT2D eigenvalue weighted by Gasteiger charge is -2.13. The van der Waals surface area contributed by atoms with Crippen molar-refractivity contribution in [1.29, 1.82) is 5.41 Å². The summed E-state index contributed by atoms with van der Waals surface area (Å²) in [5.41, 5.74) is 11.4. The number of nitrogen functional groups attached to an aromatic ring is 1. The summed E-state index contributed by atoms with van der Waals surface area (Å²) >= 11 is 0. The number of nitrogens with two attached hydrogens (primary N) is 1. The van der Waals surface area contributed by atoms with Gasteiger partial charge in [0.1, 0.15) is 11.5 Å². The fourth-order valence-corrected chi connectivity index (χ4v) is 4.31. The molecule has 0 amide bonds. The van der Waals surface area contributed by atoms with E-state index in [1.165, 1.54) is 0 Å². The van der Waals surface area contributed by atoms with E-state index in [4.69, 9.17) is 21.2 Å². The van der Waals surface area contributed by atoms with Gasteiger partial charge in [-0.1, -0.05) is 44.2 Å². The Morgan fingerprint density at radius 3 is 2.49 bits per heavy atom. The van der Waals surface area contributed by atoms with Gasteiger partial charge in [-0.25, -0.2) is 9.97 Å². The predicted molar refractivity (Wildman–Crippen MR) is 147 cm³/mol. The van der Waals surface area contributed by atoms with Crippen LogP contribution in [0.15, 0.2) is 53.6 Å². The number of carboxylic acid groups (broad SMARTS) is 1. The Balaban J connectivity index is 0.00000380. The smallest absolute Gasteiger partial charge is 0.305 e. The van der Waals surface area contributed by atoms with Crippen molar-refractivity contribution in [2.75, 3.05) is 0 Å². The normalized spacial score (nSPS) is 11.0. The highest BCUT2D eigenvalue weighted by Gasteiger charge is 2.17. The van der Waals surface area contributed by atoms with Gasteiger partial charge in [0, 0.05) is 36.8 Å². The third kappa shape index (κ3) is 6.06. The van der Waals surface area contributed by atoms with Crippen LogP contribution in [0.4, 0.5) is 0 Å². The molecule has 0 bridgehead atoms. The Bertz CT molecular complexity index is 1510. The Morgan fingerprint density at radius 1 is 1.16 bits per heavy atom. The van der Waals surface area contributed by atoms with E-state index in [2.05, 4.69) is 18.8 Å². The summed E-state index contributed by atoms with van der Waals surface area (Å²) in [6, 6.07) is 13.0. The average Bonchev–Trinajstić information content (AvgIpc) is 3.22. The number of amidine groups is 1. The van der Waals surface area contributed by atoms with Crippen LogP contribution in [0, 0.1) is 11.3 Å². The molecule has 2 aromatic heterocycles. The van der Waals surface area contributed by atoms with Crippen molar-refractivity contribution < 1.29 is 9.90 Å². The number of nitrogens with zero attached hydrogens (tertiary/aromatic N) is 4. The van der Waals surface area contributed by atoms with E-state index in [9.17, 15) is 9.59 Å². The standard InChI is InChI=1S/C27H30N6O3.ClH/c1-16(2)12-23-25(30-15-33(23)11-10-24(34)35)19-8-9-22-20(14-19)31-21(27(36)32(22)3)13-17-4-6-18(7-5-17)26(28)29;/h4-9,14-16H,10-13H2,1-3H3,(H3,28,29)(H,34,35);1H. The van der Waals surface area contributed by atoms with Gasteiger partial charge in [-0.15, -0.1) is 12.4 Å². The molecule has 0 aliphatic carbocycles. The molecule has 9 nitrogen and oxygen atoms in total. The lowest BCUT2D eigenvalue weighted by molar-refractivity contribution is -0.137. The van der Waals surface area contributed by atoms with E-state index in [-0.39, 0.29) is 30.2 Å². The quantitative estimate of drug-likeness (QED) is 0.226. The predicted octanol–water partition coefficient (Wildman–Crippen LogP) is 3.77. The monoisotopic (exact) mass is 522 g/mol. The van der Waals surface area contributed by atoms with Crippen molar-refractivity contribution in [1.82, 2.24) is 19.1 Å². The molecule has 4 rings (SSSR count). The molecule has 4 N–H and O–H groups in total. The van der Waals surface area contributed by atoms with Crippen LogP contribution >= 0.6 is 12.4 Å². The molecule has 0 unspecified atom stereocenters. The van der Waals surface area contributed by atoms with Gasteiger partial charge < -0.3 is 20.0 Å². The Kier molecular flexibility index (Phi) is 8.49. The summed E-state index contributed by atoms with van der Waals surface area (Å²) in [4.78, 5) is 33.5. The van der Waals surface area contributed by atoms with E-state index in [0.717, 1.165) is 34.5 Å². The largest absolute Gasteiger partial charge is 0.481 e. The fraction of sp³-hybridized carbons (Fsp3) is 0.296. The molecular formula is C27H31ClN6O3. The van der Waals surface area contributed by atoms with Crippen LogP contribution in [0.1, 0.15) is 42.8 Å². The van der Waals surface area contributed by atoms with Gasteiger partial charge in [0.15, 0.2) is 0 Å². The number of aliphatic carboxylic acids is 1. The molecule has 194 valence electrons. The number of rotatable bonds is 9. The van der Waals surface area contributed by atoms with Crippen molar-refractivity contribution in [3.63, 3.8) is 0 Å². The molecule has 0 fully saturated rings. The number of hydrogen-bond acceptors (Lipinski definition) is 5. The van der Waals surface area contributed by atoms with E-state index >= 15 is 0 Å². The lowest BCUT2D eigenvalue weighted by Crippen LogP contribution is -2.23. The molecule has 0 atom stereocenters. The number of carbonyl (C=O) groups is 1. The number of carboxylic acids is 1. The number of benzene rings is 2. The molecule has 0 aliphatic rings. The first-order valence-electron chi connectivity index (χ1n) is 11.8. The number of aryl methyl sites for hydroxylation is 2. The Morgan fingerprint density at radius 2 is 1.86 bits per heavy atom. The van der Waals surface area contributed by atoms with Gasteiger partial charge in [-0.2, -0.15) is 0 Å². The number of nitrogens with one attached hydrogen (secondary N) is 1. The molecule has 10 heteroatoms. The molecule has 2 aromatic carbocycles. The van der Waals surface area contributed by atoms with Gasteiger partial charge in [0.2, 0.25) is 0 Å². The maximum atomic E-state index is 13.0. The van der Waals surface area contributed by atoms with Gasteiger partial charge in [0.05, 0.1) is 29.5 Å². The minimum atomic E-state index is -0.847. The highest BCUT2D eigenvalue weighted by Crippen LogP contribution is 2.27. The number of imidazole rings is 1. The third-order valence-electron chi connectivity index (χ3n) is 6.17. The van der Waals surface area contributed by atoms with Gasteiger partial charge >= 0.3 is 5.97 Å². The first-order valence-corrected chi connectivity index (χ1v) is 11.8. The summed E-state index contributed by atoms with van der Waals surface area (Å²) in [6.45, 7) is 4.59. The number of aromatic nitrogens is 4. The zero-order valence-corrected chi connectivity index (χ0v) is 21.9. The van der Waals surface area contributed by atoms with Crippen LogP contribution in [-0.2, 0) is 31.2 Å². The van der Waals surface area contributed by atoms with Crippen LogP contribution in [0.25, 0.3) is 22.3 Å². The van der Waals surface area contributed by atoms with Crippen molar-refractivity contribution in [2.24, 2.45) is 18.7 Å². The summed E-state index contributed by atoms with van der Waals surface area (Å²) in [5.74, 6) is -0.486. The van der Waals surface area contributed by atoms with Gasteiger partial charge in [0.25, 0.3) is 5.56 Å². The molecule has 0 saturated heterocycles. The van der Waals surface area contributed by atoms with Crippen molar-refractivity contribution in [3.05, 3.63) is 81.7 Å². The van der Waals surface area contributed by atoms with Crippen molar-refractivity contribution >= 4 is 35.2 Å². The molecule has 0 spiro atoms. The van der Waals surface area contributed by atoms with E-state index in [0.29, 0.717) is 35.7 Å². The van der Waals surface area contributed by atoms with Crippen LogP contribution in [0.3, 0.4) is 0 Å². The zero-order chi connectivity index (χ0) is 26.0. The SMILES string of the molecule is CC(C)Cc1c(-c2ccc3c(c2)nc(Cc2ccc(C(=N)N)cc2)c(=O)n3C)ncn1CCC(=O)O.Cl. The molecule has 2 heterocycles. The minimum absolute atomic E-state index is 0. The highest BCUT2D eigenvalue weighted by molar-refractivity contribution is 5.94. The number of halogens is 1. The van der Waals surface area contributed by atoms with E-state index < -0.39 is 5.97 Å². The fourth-order valence-electron chi connectivity index (χ4n) is 4.31. The molecule has 0 saturated carbocycles. The maximum absolute atomic E-state index is 13.0. The molecule has 0 radical (unpaired) electrons. The summed E-state index contributed by atoms with van der Waals surface area (Å²) in [5, 5.41) is 16.7. The third-order valence-corrected chi connectivity index (χ3v) is 6.17. The van der Waals surface area contributed by atoms with Crippen LogP contribution in [-0.4, -0.2) is 36.0 Å². The number of hydrogen-bond donors (Lipinski definition) is 3. The molecular weight excluding hydrogens is 492 g/mol. The van der Waals surface area contributed by atoms with Crippen molar-refractivity contribution in [2.45, 2.75) is 39.7 Å². The van der Waals surface area contributed by atoms with Crippen LogP contribution in [0.5, 0.6) is 0 Å². The second kappa shape index (κ2) is 11.4. The molecule has 0 aliphatic heterocycles. The Hall–Kier alpha value is -3.98. The van der Waals surface area contributed by atoms with Gasteiger partial charge in [-0.05, 0) is 30.0 Å². The summed E-state index contributed by atoms with van der Waals surface area (Å²) in [7, 11) is 1.74. The summed E-state index contributed by atoms with van der Waals surface area (Å²) < 4.78 is 3.52. The maximum Gasteiger partial charge on any atom is 0.305 e. The first-order chi connectivity index (χ1) is 17.1. The van der Waals surface area contributed by atoms with E-state index in [1.54, 1.807) is 30.1 Å². The van der Waals surface area contributed by atoms with Crippen LogP contribution in [0.2, 0.25) is 0 Å². The first kappa shape index (κ1) is 27.6. The molecule has 4 aromatic rings. The second-order valence-electron chi connectivity index (χ2n) is 9.39. The topological polar surface area (TPSA) is 140 Å². The van der Waals surface area contributed by atoms with E-state index in [1.807, 2.05) is 34.9 Å². The lowest BCUT2D eigenvalue weighted by atomic mass is 10.0. The minimum Gasteiger partial charge on any atom is -0.481 e. The van der Waals surface area contributed by atoms with Crippen LogP contribution < -0.4 is 11.3 Å². The zero-order valence-electron chi connectivity index (χ0n) is 21.1. The average molecular weight is 523 g/mol. The number of fused-ring (bicyclic) bond motifs is 1. The summed E-state index contributed by atoms with van der Waals surface area (Å²) in [6.07, 6.45) is 2.84. The Labute approximate surface area is 220 Å². The molecule has 37 heavy (non-hydrogen) atoms. The van der Waals surface area contributed by atoms with Gasteiger partial charge in [-0.3, -0.25) is 15.0 Å². The van der Waals surface area contributed by atoms with Crippen molar-refractivity contribution in [3.8, 4) is 11.3 Å². The highest BCUT2D eigenvalue weighted by atomic mass is 35.5. The second-order valence-corrected chi connectivity index (χ2v) is 9.39.